The van der Waals surface area contributed by atoms with Crippen LogP contribution in [-0.2, 0) is 9.53 Å². The number of halogens is 2. The highest BCUT2D eigenvalue weighted by Gasteiger charge is 2.20. The van der Waals surface area contributed by atoms with Gasteiger partial charge in [-0.15, -0.1) is 0 Å². The summed E-state index contributed by atoms with van der Waals surface area (Å²) in [6, 6.07) is 5.24. The Morgan fingerprint density at radius 3 is 2.92 bits per heavy atom. The minimum Gasteiger partial charge on any atom is -0.374 e. The molecule has 1 atom stereocenters. The van der Waals surface area contributed by atoms with Gasteiger partial charge in [0.25, 0.3) is 0 Å². The van der Waals surface area contributed by atoms with Crippen molar-refractivity contribution in [2.45, 2.75) is 20.0 Å². The Labute approximate surface area is 153 Å². The molecule has 0 spiro atoms. The highest BCUT2D eigenvalue weighted by molar-refractivity contribution is 6.42. The molecule has 0 bridgehead atoms. The average molecular weight is 371 g/mol. The van der Waals surface area contributed by atoms with Crippen molar-refractivity contribution in [2.75, 3.05) is 32.8 Å². The molecular formula is C18H24Cl2N2O2. The maximum atomic E-state index is 11.9. The predicted molar refractivity (Wildman–Crippen MR) is 99.5 cm³/mol. The number of rotatable bonds is 6. The van der Waals surface area contributed by atoms with E-state index in [-0.39, 0.29) is 12.0 Å². The first-order chi connectivity index (χ1) is 11.4. The summed E-state index contributed by atoms with van der Waals surface area (Å²) in [5.74, 6) is 0.484. The molecule has 1 aliphatic rings. The summed E-state index contributed by atoms with van der Waals surface area (Å²) in [5.41, 5.74) is 0.830. The molecule has 1 unspecified atom stereocenters. The number of benzene rings is 1. The van der Waals surface area contributed by atoms with Crippen LogP contribution in [0.4, 0.5) is 0 Å². The van der Waals surface area contributed by atoms with Crippen molar-refractivity contribution < 1.29 is 9.53 Å². The number of ether oxygens (including phenoxy) is 1. The lowest BCUT2D eigenvalue weighted by molar-refractivity contribution is -0.117. The number of hydrogen-bond donors (Lipinski definition) is 1. The molecule has 0 aliphatic carbocycles. The Morgan fingerprint density at radius 1 is 1.42 bits per heavy atom. The van der Waals surface area contributed by atoms with Crippen molar-refractivity contribution in [3.63, 3.8) is 0 Å². The number of morpholine rings is 1. The van der Waals surface area contributed by atoms with E-state index in [0.717, 1.165) is 25.2 Å². The molecule has 0 saturated carbocycles. The second-order valence-electron chi connectivity index (χ2n) is 6.40. The van der Waals surface area contributed by atoms with E-state index >= 15 is 0 Å². The van der Waals surface area contributed by atoms with Crippen LogP contribution < -0.4 is 5.32 Å². The van der Waals surface area contributed by atoms with Gasteiger partial charge in [-0.05, 0) is 29.7 Å². The Hall–Kier alpha value is -1.07. The Morgan fingerprint density at radius 2 is 2.21 bits per heavy atom. The van der Waals surface area contributed by atoms with Gasteiger partial charge >= 0.3 is 0 Å². The number of nitrogens with zero attached hydrogens (tertiary/aromatic N) is 1. The van der Waals surface area contributed by atoms with Crippen molar-refractivity contribution in [3.05, 3.63) is 39.9 Å². The van der Waals surface area contributed by atoms with E-state index in [1.165, 1.54) is 6.08 Å². The second kappa shape index (κ2) is 9.42. The van der Waals surface area contributed by atoms with Crippen LogP contribution >= 0.6 is 23.2 Å². The molecule has 1 saturated heterocycles. The fraction of sp³-hybridized carbons (Fsp3) is 0.500. The predicted octanol–water partition coefficient (Wildman–Crippen LogP) is 3.48. The monoisotopic (exact) mass is 370 g/mol. The van der Waals surface area contributed by atoms with Crippen LogP contribution in [0.3, 0.4) is 0 Å². The van der Waals surface area contributed by atoms with Gasteiger partial charge in [-0.1, -0.05) is 43.1 Å². The lowest BCUT2D eigenvalue weighted by atomic mass is 10.2. The average Bonchev–Trinajstić information content (AvgIpc) is 2.54. The van der Waals surface area contributed by atoms with Crippen LogP contribution in [0.5, 0.6) is 0 Å². The van der Waals surface area contributed by atoms with Crippen molar-refractivity contribution in [1.29, 1.82) is 0 Å². The Balaban J connectivity index is 1.78. The lowest BCUT2D eigenvalue weighted by Crippen LogP contribution is -2.48. The topological polar surface area (TPSA) is 41.6 Å². The maximum absolute atomic E-state index is 11.9. The highest BCUT2D eigenvalue weighted by atomic mass is 35.5. The van der Waals surface area contributed by atoms with Gasteiger partial charge in [0.05, 0.1) is 22.8 Å². The number of carbonyl (C=O) groups excluding carboxylic acids is 1. The lowest BCUT2D eigenvalue weighted by Gasteiger charge is -2.33. The molecule has 0 aromatic heterocycles. The van der Waals surface area contributed by atoms with Crippen molar-refractivity contribution in [3.8, 4) is 0 Å². The molecule has 4 nitrogen and oxygen atoms in total. The highest BCUT2D eigenvalue weighted by Crippen LogP contribution is 2.23. The van der Waals surface area contributed by atoms with Crippen molar-refractivity contribution in [1.82, 2.24) is 10.2 Å². The third-order valence-electron chi connectivity index (χ3n) is 3.72. The molecule has 1 aliphatic heterocycles. The van der Waals surface area contributed by atoms with Crippen molar-refractivity contribution in [2.24, 2.45) is 5.92 Å². The fourth-order valence-corrected chi connectivity index (χ4v) is 2.95. The smallest absolute Gasteiger partial charge is 0.244 e. The van der Waals surface area contributed by atoms with E-state index < -0.39 is 0 Å². The molecular weight excluding hydrogens is 347 g/mol. The summed E-state index contributed by atoms with van der Waals surface area (Å²) < 4.78 is 5.72. The van der Waals surface area contributed by atoms with Crippen molar-refractivity contribution >= 4 is 35.2 Å². The Bertz CT molecular complexity index is 590. The molecule has 24 heavy (non-hydrogen) atoms. The van der Waals surface area contributed by atoms with Crippen LogP contribution in [0.2, 0.25) is 10.0 Å². The van der Waals surface area contributed by atoms with E-state index in [4.69, 9.17) is 27.9 Å². The third-order valence-corrected chi connectivity index (χ3v) is 4.46. The summed E-state index contributed by atoms with van der Waals surface area (Å²) in [6.45, 7) is 8.52. The molecule has 0 radical (unpaired) electrons. The van der Waals surface area contributed by atoms with E-state index in [2.05, 4.69) is 24.1 Å². The first-order valence-corrected chi connectivity index (χ1v) is 8.94. The van der Waals surface area contributed by atoms with E-state index in [1.54, 1.807) is 18.2 Å². The van der Waals surface area contributed by atoms with Crippen LogP contribution in [0.1, 0.15) is 19.4 Å². The normalized spacial score (nSPS) is 19.1. The molecule has 1 amide bonds. The first kappa shape index (κ1) is 19.3. The number of amides is 1. The van der Waals surface area contributed by atoms with Gasteiger partial charge in [-0.3, -0.25) is 9.69 Å². The van der Waals surface area contributed by atoms with Gasteiger partial charge in [0.1, 0.15) is 0 Å². The van der Waals surface area contributed by atoms with Gasteiger partial charge in [-0.25, -0.2) is 0 Å². The van der Waals surface area contributed by atoms with Crippen LogP contribution in [-0.4, -0.2) is 49.7 Å². The SMILES string of the molecule is CC(C)CN1CCOC(CNC(=O)C=Cc2ccc(Cl)c(Cl)c2)C1. The molecule has 1 aromatic rings. The largest absolute Gasteiger partial charge is 0.374 e. The maximum Gasteiger partial charge on any atom is 0.244 e. The molecule has 6 heteroatoms. The molecule has 1 fully saturated rings. The number of nitrogens with one attached hydrogen (secondary N) is 1. The van der Waals surface area contributed by atoms with E-state index in [0.29, 0.717) is 29.1 Å². The zero-order valence-electron chi connectivity index (χ0n) is 14.1. The zero-order chi connectivity index (χ0) is 17.5. The van der Waals surface area contributed by atoms with E-state index in [9.17, 15) is 4.79 Å². The summed E-state index contributed by atoms with van der Waals surface area (Å²) in [7, 11) is 0. The zero-order valence-corrected chi connectivity index (χ0v) is 15.6. The summed E-state index contributed by atoms with van der Waals surface area (Å²) >= 11 is 11.8. The molecule has 1 heterocycles. The van der Waals surface area contributed by atoms with Gasteiger partial charge in [0.15, 0.2) is 0 Å². The summed E-state index contributed by atoms with van der Waals surface area (Å²) in [6.07, 6.45) is 3.25. The summed E-state index contributed by atoms with van der Waals surface area (Å²) in [5, 5.41) is 3.86. The number of carbonyl (C=O) groups is 1. The van der Waals surface area contributed by atoms with Gasteiger partial charge in [0, 0.05) is 32.3 Å². The standard InChI is InChI=1S/C18H24Cl2N2O2/c1-13(2)11-22-7-8-24-15(12-22)10-21-18(23)6-4-14-3-5-16(19)17(20)9-14/h3-6,9,13,15H,7-8,10-12H2,1-2H3,(H,21,23). The van der Waals surface area contributed by atoms with Crippen LogP contribution in [0.25, 0.3) is 6.08 Å². The minimum atomic E-state index is -0.148. The molecule has 2 rings (SSSR count). The summed E-state index contributed by atoms with van der Waals surface area (Å²) in [4.78, 5) is 14.3. The van der Waals surface area contributed by atoms with Gasteiger partial charge in [0.2, 0.25) is 5.91 Å². The van der Waals surface area contributed by atoms with Gasteiger partial charge < -0.3 is 10.1 Å². The first-order valence-electron chi connectivity index (χ1n) is 8.19. The van der Waals surface area contributed by atoms with Crippen LogP contribution in [0, 0.1) is 5.92 Å². The molecule has 1 N–H and O–H groups in total. The number of hydrogen-bond acceptors (Lipinski definition) is 3. The third kappa shape index (κ3) is 6.44. The molecule has 1 aromatic carbocycles. The Kier molecular flexibility index (Phi) is 7.56. The van der Waals surface area contributed by atoms with Gasteiger partial charge in [-0.2, -0.15) is 0 Å². The molecule has 132 valence electrons. The van der Waals surface area contributed by atoms with Crippen LogP contribution in [0.15, 0.2) is 24.3 Å². The van der Waals surface area contributed by atoms with E-state index in [1.807, 2.05) is 6.07 Å². The fourth-order valence-electron chi connectivity index (χ4n) is 2.65. The second-order valence-corrected chi connectivity index (χ2v) is 7.21. The quantitative estimate of drug-likeness (QED) is 0.779. The minimum absolute atomic E-state index is 0.0415.